The predicted molar refractivity (Wildman–Crippen MR) is 112 cm³/mol. The third-order valence-electron chi connectivity index (χ3n) is 4.24. The molecule has 4 N–H and O–H groups in total. The van der Waals surface area contributed by atoms with Gasteiger partial charge in [0.25, 0.3) is 0 Å². The Morgan fingerprint density at radius 3 is 2.29 bits per heavy atom. The number of phenolic OH excluding ortho intramolecular Hbond substituents is 1. The molecule has 1 heterocycles. The SMILES string of the molecule is Cl.NC(=O)c1ccc(-c2nnc(Nc3cccc(O)c3)c3ccccc23)cc1. The average molecular weight is 393 g/mol. The van der Waals surface area contributed by atoms with Crippen LogP contribution in [-0.4, -0.2) is 21.2 Å². The zero-order valence-electron chi connectivity index (χ0n) is 14.7. The molecule has 0 aliphatic carbocycles. The number of anilines is 2. The summed E-state index contributed by atoms with van der Waals surface area (Å²) in [6.07, 6.45) is 0. The number of halogens is 1. The molecule has 4 rings (SSSR count). The number of fused-ring (bicyclic) bond motifs is 1. The number of nitrogens with one attached hydrogen (secondary N) is 1. The molecule has 0 unspecified atom stereocenters. The van der Waals surface area contributed by atoms with Crippen LogP contribution in [0.4, 0.5) is 11.5 Å². The number of aromatic nitrogens is 2. The van der Waals surface area contributed by atoms with Crippen molar-refractivity contribution in [1.82, 2.24) is 10.2 Å². The smallest absolute Gasteiger partial charge is 0.248 e. The fourth-order valence-electron chi connectivity index (χ4n) is 2.92. The highest BCUT2D eigenvalue weighted by Gasteiger charge is 2.12. The topological polar surface area (TPSA) is 101 Å². The van der Waals surface area contributed by atoms with Crippen LogP contribution in [-0.2, 0) is 0 Å². The van der Waals surface area contributed by atoms with Crippen molar-refractivity contribution >= 4 is 40.6 Å². The molecule has 0 spiro atoms. The monoisotopic (exact) mass is 392 g/mol. The van der Waals surface area contributed by atoms with Crippen LogP contribution >= 0.6 is 12.4 Å². The van der Waals surface area contributed by atoms with E-state index >= 15 is 0 Å². The van der Waals surface area contributed by atoms with Gasteiger partial charge in [0, 0.05) is 33.7 Å². The van der Waals surface area contributed by atoms with Crippen molar-refractivity contribution in [2.45, 2.75) is 0 Å². The number of hydrogen-bond donors (Lipinski definition) is 3. The van der Waals surface area contributed by atoms with Crippen molar-refractivity contribution in [2.75, 3.05) is 5.32 Å². The Bertz CT molecular complexity index is 1150. The van der Waals surface area contributed by atoms with Gasteiger partial charge in [-0.1, -0.05) is 42.5 Å². The van der Waals surface area contributed by atoms with Gasteiger partial charge >= 0.3 is 0 Å². The third-order valence-corrected chi connectivity index (χ3v) is 4.24. The van der Waals surface area contributed by atoms with E-state index < -0.39 is 5.91 Å². The van der Waals surface area contributed by atoms with Crippen molar-refractivity contribution in [1.29, 1.82) is 0 Å². The van der Waals surface area contributed by atoms with E-state index in [1.165, 1.54) is 0 Å². The van der Waals surface area contributed by atoms with Crippen molar-refractivity contribution < 1.29 is 9.90 Å². The molecule has 140 valence electrons. The van der Waals surface area contributed by atoms with E-state index in [-0.39, 0.29) is 18.2 Å². The Labute approximate surface area is 167 Å². The zero-order chi connectivity index (χ0) is 18.8. The van der Waals surface area contributed by atoms with Crippen LogP contribution in [0, 0.1) is 0 Å². The van der Waals surface area contributed by atoms with Gasteiger partial charge in [-0.15, -0.1) is 22.6 Å². The molecular weight excluding hydrogens is 376 g/mol. The van der Waals surface area contributed by atoms with E-state index in [0.29, 0.717) is 22.8 Å². The van der Waals surface area contributed by atoms with Crippen molar-refractivity contribution in [2.24, 2.45) is 5.73 Å². The first-order valence-corrected chi connectivity index (χ1v) is 8.33. The highest BCUT2D eigenvalue weighted by atomic mass is 35.5. The number of rotatable bonds is 4. The maximum Gasteiger partial charge on any atom is 0.248 e. The lowest BCUT2D eigenvalue weighted by atomic mass is 10.0. The number of phenols is 1. The number of aromatic hydroxyl groups is 1. The number of carbonyl (C=O) groups excluding carboxylic acids is 1. The molecular formula is C21H17ClN4O2. The standard InChI is InChI=1S/C21H16N4O2.ClH/c22-20(27)14-10-8-13(9-11-14)19-17-6-1-2-7-18(17)21(25-24-19)23-15-4-3-5-16(26)12-15;/h1-12,26H,(H2,22,27)(H,23,25);1H. The van der Waals surface area contributed by atoms with Crippen LogP contribution in [0.2, 0.25) is 0 Å². The largest absolute Gasteiger partial charge is 0.508 e. The van der Waals surface area contributed by atoms with Crippen LogP contribution in [0.25, 0.3) is 22.0 Å². The highest BCUT2D eigenvalue weighted by Crippen LogP contribution is 2.31. The molecule has 1 aromatic heterocycles. The van der Waals surface area contributed by atoms with Crippen LogP contribution in [0.3, 0.4) is 0 Å². The summed E-state index contributed by atoms with van der Waals surface area (Å²) in [7, 11) is 0. The van der Waals surface area contributed by atoms with Crippen LogP contribution < -0.4 is 11.1 Å². The van der Waals surface area contributed by atoms with Gasteiger partial charge in [-0.3, -0.25) is 4.79 Å². The number of nitrogens with two attached hydrogens (primary N) is 1. The second-order valence-electron chi connectivity index (χ2n) is 6.06. The molecule has 28 heavy (non-hydrogen) atoms. The minimum absolute atomic E-state index is 0. The van der Waals surface area contributed by atoms with Crippen LogP contribution in [0.5, 0.6) is 5.75 Å². The van der Waals surface area contributed by atoms with Gasteiger partial charge in [0.2, 0.25) is 5.91 Å². The second kappa shape index (κ2) is 7.94. The Kier molecular flexibility index (Phi) is 5.42. The summed E-state index contributed by atoms with van der Waals surface area (Å²) >= 11 is 0. The number of primary amides is 1. The number of amides is 1. The molecule has 0 saturated heterocycles. The molecule has 0 fully saturated rings. The first kappa shape index (κ1) is 19.1. The Hall–Kier alpha value is -3.64. The Morgan fingerprint density at radius 1 is 0.893 bits per heavy atom. The lowest BCUT2D eigenvalue weighted by molar-refractivity contribution is 0.100. The van der Waals surface area contributed by atoms with E-state index in [4.69, 9.17) is 5.73 Å². The molecule has 0 aliphatic rings. The number of benzene rings is 3. The molecule has 0 radical (unpaired) electrons. The average Bonchev–Trinajstić information content (AvgIpc) is 2.68. The van der Waals surface area contributed by atoms with Crippen LogP contribution in [0.15, 0.2) is 72.8 Å². The lowest BCUT2D eigenvalue weighted by Gasteiger charge is -2.11. The van der Waals surface area contributed by atoms with Crippen molar-refractivity contribution in [3.63, 3.8) is 0 Å². The Morgan fingerprint density at radius 2 is 1.61 bits per heavy atom. The molecule has 3 aromatic carbocycles. The van der Waals surface area contributed by atoms with E-state index in [1.807, 2.05) is 30.3 Å². The summed E-state index contributed by atoms with van der Waals surface area (Å²) in [6.45, 7) is 0. The van der Waals surface area contributed by atoms with Gasteiger partial charge in [-0.2, -0.15) is 0 Å². The maximum atomic E-state index is 11.3. The lowest BCUT2D eigenvalue weighted by Crippen LogP contribution is -2.10. The molecule has 0 aliphatic heterocycles. The van der Waals surface area contributed by atoms with E-state index in [2.05, 4.69) is 15.5 Å². The molecule has 0 bridgehead atoms. The molecule has 0 saturated carbocycles. The first-order valence-electron chi connectivity index (χ1n) is 8.33. The maximum absolute atomic E-state index is 11.3. The quantitative estimate of drug-likeness (QED) is 0.481. The zero-order valence-corrected chi connectivity index (χ0v) is 15.5. The summed E-state index contributed by atoms with van der Waals surface area (Å²) in [4.78, 5) is 11.3. The van der Waals surface area contributed by atoms with Gasteiger partial charge in [0.15, 0.2) is 5.82 Å². The third kappa shape index (κ3) is 3.72. The molecule has 7 heteroatoms. The first-order chi connectivity index (χ1) is 13.1. The second-order valence-corrected chi connectivity index (χ2v) is 6.06. The van der Waals surface area contributed by atoms with Gasteiger partial charge < -0.3 is 16.2 Å². The highest BCUT2D eigenvalue weighted by molar-refractivity contribution is 6.01. The summed E-state index contributed by atoms with van der Waals surface area (Å²) in [5, 5.41) is 23.4. The number of hydrogen-bond acceptors (Lipinski definition) is 5. The van der Waals surface area contributed by atoms with Crippen LogP contribution in [0.1, 0.15) is 10.4 Å². The van der Waals surface area contributed by atoms with E-state index in [0.717, 1.165) is 16.3 Å². The van der Waals surface area contributed by atoms with E-state index in [9.17, 15) is 9.90 Å². The summed E-state index contributed by atoms with van der Waals surface area (Å²) in [6, 6.07) is 21.6. The van der Waals surface area contributed by atoms with Crippen molar-refractivity contribution in [3.05, 3.63) is 78.4 Å². The molecule has 1 amide bonds. The number of carbonyl (C=O) groups is 1. The van der Waals surface area contributed by atoms with Crippen molar-refractivity contribution in [3.8, 4) is 17.0 Å². The normalized spacial score (nSPS) is 10.3. The van der Waals surface area contributed by atoms with E-state index in [1.54, 1.807) is 42.5 Å². The van der Waals surface area contributed by atoms with Gasteiger partial charge in [-0.05, 0) is 24.3 Å². The van der Waals surface area contributed by atoms with Gasteiger partial charge in [0.05, 0.1) is 0 Å². The fourth-order valence-corrected chi connectivity index (χ4v) is 2.92. The number of nitrogens with zero attached hydrogens (tertiary/aromatic N) is 2. The fraction of sp³-hybridized carbons (Fsp3) is 0. The summed E-state index contributed by atoms with van der Waals surface area (Å²) < 4.78 is 0. The van der Waals surface area contributed by atoms with Gasteiger partial charge in [-0.25, -0.2) is 0 Å². The molecule has 6 nitrogen and oxygen atoms in total. The summed E-state index contributed by atoms with van der Waals surface area (Å²) in [5.41, 5.74) is 8.01. The minimum atomic E-state index is -0.469. The molecule has 0 atom stereocenters. The molecule has 4 aromatic rings. The Balaban J connectivity index is 0.00000225. The minimum Gasteiger partial charge on any atom is -0.508 e. The summed E-state index contributed by atoms with van der Waals surface area (Å²) in [5.74, 6) is 0.292. The predicted octanol–water partition coefficient (Wildman–Crippen LogP) is 4.27. The van der Waals surface area contributed by atoms with Gasteiger partial charge in [0.1, 0.15) is 11.4 Å².